The molecule has 1 fully saturated rings. The van der Waals surface area contributed by atoms with Gasteiger partial charge in [-0.1, -0.05) is 0 Å². The van der Waals surface area contributed by atoms with Gasteiger partial charge in [-0.25, -0.2) is 9.97 Å². The molecular weight excluding hydrogens is 228 g/mol. The zero-order valence-electron chi connectivity index (χ0n) is 8.69. The lowest BCUT2D eigenvalue weighted by Gasteiger charge is -2.31. The Morgan fingerprint density at radius 1 is 1.44 bits per heavy atom. The fourth-order valence-corrected chi connectivity index (χ4v) is 1.83. The van der Waals surface area contributed by atoms with Gasteiger partial charge in [0.15, 0.2) is 0 Å². The molecular formula is C10H14N2O3S. The van der Waals surface area contributed by atoms with E-state index in [1.165, 1.54) is 0 Å². The Balaban J connectivity index is 1.85. The van der Waals surface area contributed by atoms with E-state index in [9.17, 15) is 5.11 Å². The molecule has 0 aliphatic carbocycles. The molecule has 1 aromatic heterocycles. The highest BCUT2D eigenvalue weighted by atomic mass is 32.1. The number of hydrogen-bond acceptors (Lipinski definition) is 6. The van der Waals surface area contributed by atoms with Crippen molar-refractivity contribution in [3.63, 3.8) is 0 Å². The molecule has 1 N–H and O–H groups in total. The highest BCUT2D eigenvalue weighted by molar-refractivity contribution is 7.80. The molecule has 1 aliphatic rings. The Morgan fingerprint density at radius 3 is 2.94 bits per heavy atom. The van der Waals surface area contributed by atoms with Crippen LogP contribution < -0.4 is 4.74 Å². The van der Waals surface area contributed by atoms with Crippen molar-refractivity contribution < 1.29 is 14.6 Å². The maximum Gasteiger partial charge on any atom is 0.316 e. The van der Waals surface area contributed by atoms with E-state index in [0.29, 0.717) is 12.4 Å². The summed E-state index contributed by atoms with van der Waals surface area (Å²) in [5, 5.41) is 9.68. The Hall–Kier alpha value is -0.850. The fourth-order valence-electron chi connectivity index (χ4n) is 1.53. The van der Waals surface area contributed by atoms with Gasteiger partial charge in [0.25, 0.3) is 0 Å². The summed E-state index contributed by atoms with van der Waals surface area (Å²) in [4.78, 5) is 7.84. The van der Waals surface area contributed by atoms with Gasteiger partial charge in [0.1, 0.15) is 18.1 Å². The summed E-state index contributed by atoms with van der Waals surface area (Å²) in [6.45, 7) is 0.238. The summed E-state index contributed by atoms with van der Waals surface area (Å²) in [6, 6.07) is 2.00. The van der Waals surface area contributed by atoms with Crippen molar-refractivity contribution in [2.75, 3.05) is 6.61 Å². The lowest BCUT2D eigenvalue weighted by Crippen LogP contribution is -2.41. The fraction of sp³-hybridized carbons (Fsp3) is 0.600. The maximum absolute atomic E-state index is 9.68. The molecule has 1 aromatic rings. The molecule has 3 atom stereocenters. The van der Waals surface area contributed by atoms with Crippen molar-refractivity contribution >= 4 is 12.6 Å². The van der Waals surface area contributed by atoms with Gasteiger partial charge in [0.05, 0.1) is 6.10 Å². The zero-order valence-corrected chi connectivity index (χ0v) is 9.59. The molecule has 0 aromatic carbocycles. The normalized spacial score (nSPS) is 30.0. The molecule has 1 saturated heterocycles. The van der Waals surface area contributed by atoms with E-state index in [1.54, 1.807) is 18.5 Å². The molecule has 5 nitrogen and oxygen atoms in total. The van der Waals surface area contributed by atoms with Crippen LogP contribution in [-0.4, -0.2) is 39.3 Å². The molecule has 0 radical (unpaired) electrons. The number of aliphatic hydroxyl groups is 1. The number of hydrogen-bond donors (Lipinski definition) is 2. The number of ether oxygens (including phenoxy) is 2. The summed E-state index contributed by atoms with van der Waals surface area (Å²) < 4.78 is 10.8. The Bertz CT molecular complexity index is 325. The lowest BCUT2D eigenvalue weighted by atomic mass is 10.1. The van der Waals surface area contributed by atoms with Crippen LogP contribution in [0.1, 0.15) is 12.8 Å². The topological polar surface area (TPSA) is 64.5 Å². The predicted molar refractivity (Wildman–Crippen MR) is 60.4 cm³/mol. The summed E-state index contributed by atoms with van der Waals surface area (Å²) in [7, 11) is 0. The van der Waals surface area contributed by atoms with Crippen LogP contribution in [0.5, 0.6) is 6.01 Å². The van der Waals surface area contributed by atoms with Crippen LogP contribution in [0.15, 0.2) is 18.5 Å². The van der Waals surface area contributed by atoms with Gasteiger partial charge < -0.3 is 14.6 Å². The minimum Gasteiger partial charge on any atom is -0.461 e. The first-order valence-corrected chi connectivity index (χ1v) is 5.69. The van der Waals surface area contributed by atoms with E-state index in [4.69, 9.17) is 9.47 Å². The van der Waals surface area contributed by atoms with Gasteiger partial charge in [0.2, 0.25) is 0 Å². The first-order chi connectivity index (χ1) is 7.75. The number of rotatable bonds is 3. The smallest absolute Gasteiger partial charge is 0.316 e. The van der Waals surface area contributed by atoms with Crippen LogP contribution in [0.2, 0.25) is 0 Å². The Labute approximate surface area is 99.2 Å². The largest absolute Gasteiger partial charge is 0.461 e. The van der Waals surface area contributed by atoms with Gasteiger partial charge in [-0.3, -0.25) is 0 Å². The second-order valence-electron chi connectivity index (χ2n) is 3.62. The summed E-state index contributed by atoms with van der Waals surface area (Å²) in [5.41, 5.74) is -0.131. The zero-order chi connectivity index (χ0) is 11.4. The van der Waals surface area contributed by atoms with E-state index in [1.807, 2.05) is 0 Å². The van der Waals surface area contributed by atoms with Gasteiger partial charge >= 0.3 is 6.01 Å². The van der Waals surface area contributed by atoms with Crippen LogP contribution in [-0.2, 0) is 4.74 Å². The highest BCUT2D eigenvalue weighted by Gasteiger charge is 2.28. The van der Waals surface area contributed by atoms with Crippen LogP contribution >= 0.6 is 12.6 Å². The number of aromatic nitrogens is 2. The van der Waals surface area contributed by atoms with Gasteiger partial charge in [-0.2, -0.15) is 0 Å². The third-order valence-corrected chi connectivity index (χ3v) is 2.77. The summed E-state index contributed by atoms with van der Waals surface area (Å²) in [5.74, 6) is 0. The first-order valence-electron chi connectivity index (χ1n) is 5.17. The maximum atomic E-state index is 9.68. The lowest BCUT2D eigenvalue weighted by molar-refractivity contribution is -0.102. The summed E-state index contributed by atoms with van der Waals surface area (Å²) in [6.07, 6.45) is 3.76. The molecule has 1 aliphatic heterocycles. The third-order valence-electron chi connectivity index (χ3n) is 2.39. The molecule has 0 saturated carbocycles. The third kappa shape index (κ3) is 3.07. The van der Waals surface area contributed by atoms with E-state index < -0.39 is 6.10 Å². The van der Waals surface area contributed by atoms with Crippen molar-refractivity contribution in [2.45, 2.75) is 30.5 Å². The van der Waals surface area contributed by atoms with Crippen LogP contribution in [0.4, 0.5) is 0 Å². The van der Waals surface area contributed by atoms with E-state index in [-0.39, 0.29) is 18.1 Å². The van der Waals surface area contributed by atoms with Crippen molar-refractivity contribution in [3.05, 3.63) is 18.5 Å². The molecule has 2 rings (SSSR count). The van der Waals surface area contributed by atoms with Crippen LogP contribution in [0, 0.1) is 0 Å². The Kier molecular flexibility index (Phi) is 3.98. The monoisotopic (exact) mass is 242 g/mol. The molecule has 16 heavy (non-hydrogen) atoms. The molecule has 0 spiro atoms. The Morgan fingerprint density at radius 2 is 2.19 bits per heavy atom. The van der Waals surface area contributed by atoms with Crippen LogP contribution in [0.25, 0.3) is 0 Å². The summed E-state index contributed by atoms with van der Waals surface area (Å²) >= 11 is 4.22. The molecule has 3 unspecified atom stereocenters. The highest BCUT2D eigenvalue weighted by Crippen LogP contribution is 2.22. The number of nitrogens with zero attached hydrogens (tertiary/aromatic N) is 2. The van der Waals surface area contributed by atoms with E-state index in [2.05, 4.69) is 22.6 Å². The second-order valence-corrected chi connectivity index (χ2v) is 4.19. The van der Waals surface area contributed by atoms with Gasteiger partial charge in [-0.05, 0) is 18.9 Å². The minimum atomic E-state index is -0.507. The first kappa shape index (κ1) is 11.6. The molecule has 2 heterocycles. The van der Waals surface area contributed by atoms with E-state index >= 15 is 0 Å². The number of aliphatic hydroxyl groups excluding tert-OH is 1. The van der Waals surface area contributed by atoms with Gasteiger partial charge in [-0.15, -0.1) is 12.6 Å². The number of thiol groups is 1. The van der Waals surface area contributed by atoms with Crippen molar-refractivity contribution in [1.29, 1.82) is 0 Å². The average molecular weight is 242 g/mol. The molecule has 0 bridgehead atoms. The van der Waals surface area contributed by atoms with Crippen molar-refractivity contribution in [1.82, 2.24) is 9.97 Å². The SMILES string of the molecule is OC1CCC(S)OC1COc1ncccn1. The van der Waals surface area contributed by atoms with E-state index in [0.717, 1.165) is 6.42 Å². The predicted octanol–water partition coefficient (Wildman–Crippen LogP) is 0.651. The van der Waals surface area contributed by atoms with Crippen LogP contribution in [0.3, 0.4) is 0 Å². The molecule has 6 heteroatoms. The van der Waals surface area contributed by atoms with Crippen molar-refractivity contribution in [3.8, 4) is 6.01 Å². The molecule has 0 amide bonds. The van der Waals surface area contributed by atoms with Gasteiger partial charge in [0, 0.05) is 12.4 Å². The van der Waals surface area contributed by atoms with Crippen molar-refractivity contribution in [2.24, 2.45) is 0 Å². The standard InChI is InChI=1S/C10H14N2O3S/c13-7-2-3-9(16)15-8(7)6-14-10-11-4-1-5-12-10/h1,4-5,7-9,13,16H,2-3,6H2. The average Bonchev–Trinajstić information content (AvgIpc) is 2.32. The minimum absolute atomic E-state index is 0.131. The quantitative estimate of drug-likeness (QED) is 0.762. The second kappa shape index (κ2) is 5.47. The molecule has 88 valence electrons.